The minimum absolute atomic E-state index is 0.168. The maximum Gasteiger partial charge on any atom is 0.340 e. The molecular formula is C23H21IN2O9. The van der Waals surface area contributed by atoms with Crippen LogP contribution in [0.1, 0.15) is 27.1 Å². The Kier molecular flexibility index (Phi) is 7.07. The molecular weight excluding hydrogens is 575 g/mol. The topological polar surface area (TPSA) is 152 Å². The Morgan fingerprint density at radius 2 is 1.57 bits per heavy atom. The molecule has 12 heteroatoms. The fourth-order valence-corrected chi connectivity index (χ4v) is 4.41. The van der Waals surface area contributed by atoms with E-state index >= 15 is 0 Å². The Balaban J connectivity index is 1.51. The molecule has 184 valence electrons. The van der Waals surface area contributed by atoms with Crippen LogP contribution in [0.4, 0.5) is 4.79 Å². The summed E-state index contributed by atoms with van der Waals surface area (Å²) in [5.74, 6) is -4.73. The zero-order chi connectivity index (χ0) is 25.2. The van der Waals surface area contributed by atoms with Crippen LogP contribution in [-0.4, -0.2) is 73.9 Å². The summed E-state index contributed by atoms with van der Waals surface area (Å²) >= 11 is 1.62. The van der Waals surface area contributed by atoms with Gasteiger partial charge in [0.25, 0.3) is 9.51 Å². The van der Waals surface area contributed by atoms with Crippen molar-refractivity contribution >= 4 is 46.5 Å². The number of imide groups is 1. The Morgan fingerprint density at radius 3 is 2.11 bits per heavy atom. The first-order valence-corrected chi connectivity index (χ1v) is 11.6. The van der Waals surface area contributed by atoms with E-state index in [0.29, 0.717) is 0 Å². The molecule has 0 bridgehead atoms. The van der Waals surface area contributed by atoms with Gasteiger partial charge in [0, 0.05) is 0 Å². The fourth-order valence-electron chi connectivity index (χ4n) is 3.71. The molecule has 0 saturated carbocycles. The van der Waals surface area contributed by atoms with E-state index in [2.05, 4.69) is 5.32 Å². The summed E-state index contributed by atoms with van der Waals surface area (Å²) in [6.07, 6.45) is -3.00. The van der Waals surface area contributed by atoms with Crippen molar-refractivity contribution in [1.29, 1.82) is 0 Å². The highest BCUT2D eigenvalue weighted by molar-refractivity contribution is 14.1. The molecule has 3 amide bonds. The van der Waals surface area contributed by atoms with Gasteiger partial charge in [0.05, 0.1) is 30.7 Å². The van der Waals surface area contributed by atoms with E-state index in [1.165, 1.54) is 24.3 Å². The summed E-state index contributed by atoms with van der Waals surface area (Å²) in [6.45, 7) is -1.13. The number of benzene rings is 2. The first-order chi connectivity index (χ1) is 16.6. The van der Waals surface area contributed by atoms with Crippen LogP contribution >= 0.6 is 22.6 Å². The number of urea groups is 1. The van der Waals surface area contributed by atoms with Crippen LogP contribution in [0, 0.1) is 0 Å². The zero-order valence-corrected chi connectivity index (χ0v) is 20.3. The van der Waals surface area contributed by atoms with Gasteiger partial charge in [-0.15, -0.1) is 0 Å². The Labute approximate surface area is 213 Å². The molecule has 0 radical (unpaired) electrons. The van der Waals surface area contributed by atoms with Gasteiger partial charge in [0.2, 0.25) is 5.79 Å². The number of esters is 2. The number of hydrogen-bond acceptors (Lipinski definition) is 9. The molecule has 2 heterocycles. The lowest BCUT2D eigenvalue weighted by Gasteiger charge is -2.39. The predicted molar refractivity (Wildman–Crippen MR) is 126 cm³/mol. The first-order valence-electron chi connectivity index (χ1n) is 10.5. The number of amides is 3. The third-order valence-corrected chi connectivity index (χ3v) is 6.59. The number of nitrogens with one attached hydrogen (secondary N) is 1. The summed E-state index contributed by atoms with van der Waals surface area (Å²) in [6, 6.07) is 15.0. The van der Waals surface area contributed by atoms with E-state index in [1.54, 1.807) is 59.0 Å². The van der Waals surface area contributed by atoms with Crippen molar-refractivity contribution in [2.45, 2.75) is 28.1 Å². The lowest BCUT2D eigenvalue weighted by atomic mass is 10.1. The van der Waals surface area contributed by atoms with Gasteiger partial charge >= 0.3 is 18.0 Å². The quantitative estimate of drug-likeness (QED) is 0.193. The second-order valence-corrected chi connectivity index (χ2v) is 9.68. The van der Waals surface area contributed by atoms with Crippen molar-refractivity contribution in [1.82, 2.24) is 10.2 Å². The van der Waals surface area contributed by atoms with Crippen LogP contribution in [0.3, 0.4) is 0 Å². The molecule has 4 rings (SSSR count). The highest BCUT2D eigenvalue weighted by Crippen LogP contribution is 2.37. The van der Waals surface area contributed by atoms with Gasteiger partial charge in [0.1, 0.15) is 12.3 Å². The van der Waals surface area contributed by atoms with Gasteiger partial charge in [-0.1, -0.05) is 36.4 Å². The van der Waals surface area contributed by atoms with Crippen LogP contribution in [0.2, 0.25) is 0 Å². The van der Waals surface area contributed by atoms with E-state index in [4.69, 9.17) is 14.2 Å². The number of aliphatic hydroxyl groups excluding tert-OH is 1. The minimum atomic E-state index is -2.26. The maximum atomic E-state index is 12.6. The largest absolute Gasteiger partial charge is 0.433 e. The van der Waals surface area contributed by atoms with E-state index in [9.17, 15) is 29.4 Å². The van der Waals surface area contributed by atoms with Crippen LogP contribution in [-0.2, 0) is 19.0 Å². The molecule has 0 spiro atoms. The molecule has 2 fully saturated rings. The van der Waals surface area contributed by atoms with E-state index in [1.807, 2.05) is 0 Å². The average molecular weight is 596 g/mol. The number of aliphatic hydroxyl groups is 2. The molecule has 3 N–H and O–H groups in total. The molecule has 0 aliphatic carbocycles. The summed E-state index contributed by atoms with van der Waals surface area (Å²) < 4.78 is 14.5. The average Bonchev–Trinajstić information content (AvgIpc) is 3.18. The zero-order valence-electron chi connectivity index (χ0n) is 18.1. The number of nitrogens with zero attached hydrogens (tertiary/aromatic N) is 1. The van der Waals surface area contributed by atoms with Crippen molar-refractivity contribution in [3.05, 3.63) is 71.8 Å². The molecule has 1 unspecified atom stereocenters. The fraction of sp³-hybridized carbons (Fsp3) is 0.304. The normalized spacial score (nSPS) is 28.4. The minimum Gasteiger partial charge on any atom is -0.433 e. The summed E-state index contributed by atoms with van der Waals surface area (Å²) in [7, 11) is 0. The van der Waals surface area contributed by atoms with Crippen molar-refractivity contribution in [3.63, 3.8) is 0 Å². The molecule has 0 aromatic heterocycles. The van der Waals surface area contributed by atoms with Crippen LogP contribution < -0.4 is 5.32 Å². The van der Waals surface area contributed by atoms with E-state index in [0.717, 1.165) is 4.90 Å². The number of carbonyl (C=O) groups is 4. The van der Waals surface area contributed by atoms with Crippen LogP contribution in [0.25, 0.3) is 0 Å². The molecule has 4 atom stereocenters. The number of hydrogen-bond donors (Lipinski definition) is 3. The van der Waals surface area contributed by atoms with Gasteiger partial charge in [-0.05, 0) is 46.9 Å². The second kappa shape index (κ2) is 9.89. The SMILES string of the molecule is O=C(OC1(I)CN([C@H]2C[C@@](O)(OC(=O)c3ccccc3)[C@@H](CO)O2)C(=O)NC1=O)c1ccccc1. The highest BCUT2D eigenvalue weighted by atomic mass is 127. The van der Waals surface area contributed by atoms with E-state index in [-0.39, 0.29) is 11.1 Å². The monoisotopic (exact) mass is 596 g/mol. The van der Waals surface area contributed by atoms with E-state index < -0.39 is 65.2 Å². The number of ether oxygens (including phenoxy) is 3. The third kappa shape index (κ3) is 5.15. The Hall–Kier alpha value is -3.07. The number of halogens is 1. The molecule has 2 saturated heterocycles. The van der Waals surface area contributed by atoms with Crippen LogP contribution in [0.5, 0.6) is 0 Å². The van der Waals surface area contributed by atoms with Crippen molar-refractivity contribution < 1.29 is 43.6 Å². The van der Waals surface area contributed by atoms with Crippen molar-refractivity contribution in [3.8, 4) is 0 Å². The van der Waals surface area contributed by atoms with Gasteiger partial charge in [-0.3, -0.25) is 15.0 Å². The van der Waals surface area contributed by atoms with Gasteiger partial charge in [-0.25, -0.2) is 14.4 Å². The standard InChI is InChI=1S/C23H21IN2O9/c24-22(34-18(28)14-7-3-1-4-8-14)13-26(21(31)25-20(22)30)17-11-23(32,16(12-27)33-17)35-19(29)15-9-5-2-6-10-15/h1-10,16-17,27,32H,11-13H2,(H,25,30,31)/t16-,17-,22?,23-/m1/s1. The molecule has 2 aromatic carbocycles. The summed E-state index contributed by atoms with van der Waals surface area (Å²) in [4.78, 5) is 51.3. The van der Waals surface area contributed by atoms with Crippen LogP contribution in [0.15, 0.2) is 60.7 Å². The highest BCUT2D eigenvalue weighted by Gasteiger charge is 2.57. The predicted octanol–water partition coefficient (Wildman–Crippen LogP) is 1.18. The Morgan fingerprint density at radius 1 is 1.03 bits per heavy atom. The maximum absolute atomic E-state index is 12.6. The van der Waals surface area contributed by atoms with Gasteiger partial charge in [0.15, 0.2) is 0 Å². The number of rotatable bonds is 6. The van der Waals surface area contributed by atoms with Crippen molar-refractivity contribution in [2.24, 2.45) is 0 Å². The second-order valence-electron chi connectivity index (χ2n) is 7.94. The molecule has 11 nitrogen and oxygen atoms in total. The first kappa shape index (κ1) is 25.0. The smallest absolute Gasteiger partial charge is 0.340 e. The number of carbonyl (C=O) groups excluding carboxylic acids is 4. The van der Waals surface area contributed by atoms with Crippen molar-refractivity contribution in [2.75, 3.05) is 13.2 Å². The molecule has 35 heavy (non-hydrogen) atoms. The Bertz CT molecular complexity index is 1130. The molecule has 2 aromatic rings. The summed E-state index contributed by atoms with van der Waals surface area (Å²) in [5, 5.41) is 22.9. The van der Waals surface area contributed by atoms with Gasteiger partial charge in [-0.2, -0.15) is 0 Å². The number of alkyl halides is 1. The van der Waals surface area contributed by atoms with Gasteiger partial charge < -0.3 is 24.4 Å². The lowest BCUT2D eigenvalue weighted by molar-refractivity contribution is -0.204. The molecule has 2 aliphatic heterocycles. The third-order valence-electron chi connectivity index (χ3n) is 5.54. The summed E-state index contributed by atoms with van der Waals surface area (Å²) in [5.41, 5.74) is 0.376. The lowest BCUT2D eigenvalue weighted by Crippen LogP contribution is -2.65. The molecule has 2 aliphatic rings.